The van der Waals surface area contributed by atoms with Crippen LogP contribution in [0.1, 0.15) is 15.2 Å². The number of likely N-dealkylation sites (N-methyl/N-ethyl adjacent to an activating group) is 1. The van der Waals surface area contributed by atoms with Gasteiger partial charge in [-0.05, 0) is 29.8 Å². The first-order chi connectivity index (χ1) is 12.0. The van der Waals surface area contributed by atoms with Gasteiger partial charge in [0.2, 0.25) is 0 Å². The highest BCUT2D eigenvalue weighted by molar-refractivity contribution is 7.17. The minimum atomic E-state index is -0.557. The number of rotatable bonds is 5. The molecule has 0 fully saturated rings. The van der Waals surface area contributed by atoms with Crippen molar-refractivity contribution in [2.24, 2.45) is 0 Å². The van der Waals surface area contributed by atoms with Crippen molar-refractivity contribution in [3.8, 4) is 11.5 Å². The van der Waals surface area contributed by atoms with E-state index in [1.165, 1.54) is 4.90 Å². The number of thiophene rings is 1. The molecule has 1 amide bonds. The Morgan fingerprint density at radius 2 is 1.96 bits per heavy atom. The topological polar surface area (TPSA) is 65.1 Å². The lowest BCUT2D eigenvalue weighted by Gasteiger charge is -2.21. The molecule has 0 aliphatic carbocycles. The first-order valence-corrected chi connectivity index (χ1v) is 8.77. The van der Waals surface area contributed by atoms with Gasteiger partial charge in [0.1, 0.15) is 18.1 Å². The van der Waals surface area contributed by atoms with Crippen LogP contribution in [0.3, 0.4) is 0 Å². The number of hydrogen-bond donors (Lipinski definition) is 0. The number of carbonyl (C=O) groups excluding carboxylic acids is 2. The van der Waals surface area contributed by atoms with Crippen molar-refractivity contribution in [2.45, 2.75) is 6.54 Å². The Hall–Kier alpha value is -2.25. The second kappa shape index (κ2) is 7.76. The van der Waals surface area contributed by atoms with E-state index in [1.54, 1.807) is 19.2 Å². The van der Waals surface area contributed by atoms with Crippen LogP contribution < -0.4 is 9.47 Å². The largest absolute Gasteiger partial charge is 0.486 e. The van der Waals surface area contributed by atoms with Gasteiger partial charge in [0, 0.05) is 13.6 Å². The highest BCUT2D eigenvalue weighted by atomic mass is 35.5. The zero-order valence-corrected chi connectivity index (χ0v) is 15.1. The number of fused-ring (bicyclic) bond motifs is 1. The summed E-state index contributed by atoms with van der Waals surface area (Å²) in [4.78, 5) is 25.8. The molecule has 3 rings (SSSR count). The second-order valence-corrected chi connectivity index (χ2v) is 7.12. The maximum atomic E-state index is 12.1. The van der Waals surface area contributed by atoms with Crippen LogP contribution in [0.4, 0.5) is 0 Å². The summed E-state index contributed by atoms with van der Waals surface area (Å²) < 4.78 is 16.5. The van der Waals surface area contributed by atoms with E-state index >= 15 is 0 Å². The summed E-state index contributed by atoms with van der Waals surface area (Å²) in [7, 11) is 1.65. The Labute approximate surface area is 153 Å². The molecule has 2 heterocycles. The van der Waals surface area contributed by atoms with E-state index in [4.69, 9.17) is 25.8 Å². The van der Waals surface area contributed by atoms with Gasteiger partial charge >= 0.3 is 5.97 Å². The van der Waals surface area contributed by atoms with Gasteiger partial charge in [-0.25, -0.2) is 4.79 Å². The van der Waals surface area contributed by atoms with Crippen LogP contribution in [0.15, 0.2) is 30.3 Å². The molecule has 0 bridgehead atoms. The monoisotopic (exact) mass is 381 g/mol. The van der Waals surface area contributed by atoms with Crippen LogP contribution in [0.25, 0.3) is 0 Å². The van der Waals surface area contributed by atoms with Gasteiger partial charge in [-0.15, -0.1) is 11.3 Å². The lowest BCUT2D eigenvalue weighted by atomic mass is 10.2. The standard InChI is InChI=1S/C17H16ClNO5S/c1-19(9-11-2-3-12-13(8-11)23-7-6-22-12)16(20)10-24-17(21)14-4-5-15(18)25-14/h2-5,8H,6-7,9-10H2,1H3. The summed E-state index contributed by atoms with van der Waals surface area (Å²) in [5, 5.41) is 0. The van der Waals surface area contributed by atoms with Crippen molar-refractivity contribution >= 4 is 34.8 Å². The molecule has 0 unspecified atom stereocenters. The fourth-order valence-corrected chi connectivity index (χ4v) is 3.22. The molecule has 8 heteroatoms. The molecule has 0 spiro atoms. The summed E-state index contributed by atoms with van der Waals surface area (Å²) in [5.41, 5.74) is 0.900. The molecule has 2 aromatic rings. The van der Waals surface area contributed by atoms with E-state index < -0.39 is 5.97 Å². The van der Waals surface area contributed by atoms with Crippen LogP contribution >= 0.6 is 22.9 Å². The number of hydrogen-bond acceptors (Lipinski definition) is 6. The van der Waals surface area contributed by atoms with Crippen molar-refractivity contribution in [1.29, 1.82) is 0 Å². The highest BCUT2D eigenvalue weighted by Crippen LogP contribution is 2.31. The summed E-state index contributed by atoms with van der Waals surface area (Å²) in [6.07, 6.45) is 0. The molecule has 0 atom stereocenters. The average molecular weight is 382 g/mol. The Morgan fingerprint density at radius 1 is 1.20 bits per heavy atom. The average Bonchev–Trinajstić information content (AvgIpc) is 3.05. The molecule has 0 radical (unpaired) electrons. The fourth-order valence-electron chi connectivity index (χ4n) is 2.28. The molecule has 0 saturated heterocycles. The number of benzene rings is 1. The molecule has 1 aliphatic rings. The maximum absolute atomic E-state index is 12.1. The van der Waals surface area contributed by atoms with Crippen molar-refractivity contribution < 1.29 is 23.8 Å². The predicted octanol–water partition coefficient (Wildman–Crippen LogP) is 2.99. The lowest BCUT2D eigenvalue weighted by Crippen LogP contribution is -2.30. The van der Waals surface area contributed by atoms with Gasteiger partial charge in [-0.2, -0.15) is 0 Å². The Bertz CT molecular complexity index is 791. The number of amides is 1. The van der Waals surface area contributed by atoms with Gasteiger partial charge in [-0.1, -0.05) is 17.7 Å². The second-order valence-electron chi connectivity index (χ2n) is 5.41. The maximum Gasteiger partial charge on any atom is 0.348 e. The van der Waals surface area contributed by atoms with Crippen LogP contribution in [-0.4, -0.2) is 43.6 Å². The molecular weight excluding hydrogens is 366 g/mol. The molecule has 1 aliphatic heterocycles. The van der Waals surface area contributed by atoms with E-state index in [-0.39, 0.29) is 12.5 Å². The SMILES string of the molecule is CN(Cc1ccc2c(c1)OCCO2)C(=O)COC(=O)c1ccc(Cl)s1. The molecule has 0 saturated carbocycles. The quantitative estimate of drug-likeness (QED) is 0.745. The zero-order chi connectivity index (χ0) is 17.8. The molecule has 6 nitrogen and oxygen atoms in total. The van der Waals surface area contributed by atoms with Crippen molar-refractivity contribution in [1.82, 2.24) is 4.90 Å². The Kier molecular flexibility index (Phi) is 5.45. The first-order valence-electron chi connectivity index (χ1n) is 7.58. The van der Waals surface area contributed by atoms with Crippen molar-refractivity contribution in [3.05, 3.63) is 45.1 Å². The van der Waals surface area contributed by atoms with Gasteiger partial charge in [-0.3, -0.25) is 4.79 Å². The van der Waals surface area contributed by atoms with Crippen LogP contribution in [-0.2, 0) is 16.1 Å². The van der Waals surface area contributed by atoms with Crippen molar-refractivity contribution in [2.75, 3.05) is 26.9 Å². The third kappa shape index (κ3) is 4.43. The van der Waals surface area contributed by atoms with E-state index in [0.29, 0.717) is 40.5 Å². The molecular formula is C17H16ClNO5S. The summed E-state index contributed by atoms with van der Waals surface area (Å²) >= 11 is 6.89. The third-order valence-electron chi connectivity index (χ3n) is 3.55. The highest BCUT2D eigenvalue weighted by Gasteiger charge is 2.17. The Balaban J connectivity index is 1.53. The molecule has 1 aromatic heterocycles. The van der Waals surface area contributed by atoms with Crippen LogP contribution in [0, 0.1) is 0 Å². The van der Waals surface area contributed by atoms with E-state index in [1.807, 2.05) is 18.2 Å². The number of halogens is 1. The molecule has 1 aromatic carbocycles. The number of nitrogens with zero attached hydrogens (tertiary/aromatic N) is 1. The number of carbonyl (C=O) groups is 2. The molecule has 25 heavy (non-hydrogen) atoms. The first kappa shape index (κ1) is 17.6. The normalized spacial score (nSPS) is 12.6. The zero-order valence-electron chi connectivity index (χ0n) is 13.5. The third-order valence-corrected chi connectivity index (χ3v) is 4.76. The predicted molar refractivity (Wildman–Crippen MR) is 93.5 cm³/mol. The Morgan fingerprint density at radius 3 is 2.68 bits per heavy atom. The fraction of sp³-hybridized carbons (Fsp3) is 0.294. The summed E-state index contributed by atoms with van der Waals surface area (Å²) in [6.45, 7) is 1.09. The molecule has 0 N–H and O–H groups in total. The number of ether oxygens (including phenoxy) is 3. The van der Waals surface area contributed by atoms with Gasteiger partial charge in [0.05, 0.1) is 4.34 Å². The lowest BCUT2D eigenvalue weighted by molar-refractivity contribution is -0.133. The smallest absolute Gasteiger partial charge is 0.348 e. The minimum Gasteiger partial charge on any atom is -0.486 e. The van der Waals surface area contributed by atoms with Gasteiger partial charge in [0.25, 0.3) is 5.91 Å². The minimum absolute atomic E-state index is 0.300. The molecule has 132 valence electrons. The van der Waals surface area contributed by atoms with Crippen LogP contribution in [0.5, 0.6) is 11.5 Å². The van der Waals surface area contributed by atoms with Gasteiger partial charge < -0.3 is 19.1 Å². The van der Waals surface area contributed by atoms with Crippen molar-refractivity contribution in [3.63, 3.8) is 0 Å². The summed E-state index contributed by atoms with van der Waals surface area (Å²) in [5.74, 6) is 0.516. The van der Waals surface area contributed by atoms with E-state index in [0.717, 1.165) is 16.9 Å². The van der Waals surface area contributed by atoms with Gasteiger partial charge in [0.15, 0.2) is 18.1 Å². The van der Waals surface area contributed by atoms with Crippen LogP contribution in [0.2, 0.25) is 4.34 Å². The summed E-state index contributed by atoms with van der Waals surface area (Å²) in [6, 6.07) is 8.72. The van der Waals surface area contributed by atoms with E-state index in [2.05, 4.69) is 0 Å². The van der Waals surface area contributed by atoms with E-state index in [9.17, 15) is 9.59 Å². The number of esters is 1.